The highest BCUT2D eigenvalue weighted by atomic mass is 16.5. The van der Waals surface area contributed by atoms with Crippen LogP contribution in [0.15, 0.2) is 12.1 Å². The molecule has 1 atom stereocenters. The van der Waals surface area contributed by atoms with Crippen LogP contribution in [0.2, 0.25) is 0 Å². The van der Waals surface area contributed by atoms with E-state index in [9.17, 15) is 10.2 Å². The van der Waals surface area contributed by atoms with Gasteiger partial charge in [0, 0.05) is 19.2 Å². The summed E-state index contributed by atoms with van der Waals surface area (Å²) < 4.78 is 4.85. The number of phenolic OH excluding ortho intramolecular Hbond substituents is 1. The van der Waals surface area contributed by atoms with Gasteiger partial charge in [-0.05, 0) is 44.0 Å². The van der Waals surface area contributed by atoms with Crippen LogP contribution in [0.4, 0.5) is 0 Å². The standard InChI is InChI=1S/C14H23NO3/c1-10-6-12(14(17)7-11(10)2)8-15-5-4-13(16)9-18-3/h6-7,13,15-17H,4-5,8-9H2,1-3H3. The van der Waals surface area contributed by atoms with E-state index in [0.717, 1.165) is 11.1 Å². The second kappa shape index (κ2) is 7.36. The molecule has 0 amide bonds. The van der Waals surface area contributed by atoms with E-state index in [1.165, 1.54) is 5.56 Å². The van der Waals surface area contributed by atoms with Crippen LogP contribution < -0.4 is 5.32 Å². The van der Waals surface area contributed by atoms with Crippen molar-refractivity contribution in [3.8, 4) is 5.75 Å². The van der Waals surface area contributed by atoms with Crippen molar-refractivity contribution in [3.63, 3.8) is 0 Å². The van der Waals surface area contributed by atoms with Gasteiger partial charge in [-0.3, -0.25) is 0 Å². The number of aliphatic hydroxyl groups is 1. The zero-order valence-electron chi connectivity index (χ0n) is 11.4. The van der Waals surface area contributed by atoms with E-state index in [4.69, 9.17) is 4.74 Å². The number of aryl methyl sites for hydroxylation is 2. The Balaban J connectivity index is 2.38. The Morgan fingerprint density at radius 2 is 1.94 bits per heavy atom. The molecule has 0 bridgehead atoms. The summed E-state index contributed by atoms with van der Waals surface area (Å²) in [5, 5.41) is 22.5. The second-order valence-corrected chi connectivity index (χ2v) is 4.64. The number of rotatable bonds is 7. The van der Waals surface area contributed by atoms with E-state index in [1.807, 2.05) is 19.9 Å². The summed E-state index contributed by atoms with van der Waals surface area (Å²) in [7, 11) is 1.57. The Kier molecular flexibility index (Phi) is 6.12. The van der Waals surface area contributed by atoms with E-state index >= 15 is 0 Å². The van der Waals surface area contributed by atoms with Gasteiger partial charge in [0.15, 0.2) is 0 Å². The predicted octanol–water partition coefficient (Wildman–Crippen LogP) is 1.50. The van der Waals surface area contributed by atoms with Gasteiger partial charge in [0.2, 0.25) is 0 Å². The molecule has 0 aliphatic carbocycles. The first-order chi connectivity index (χ1) is 8.54. The molecule has 102 valence electrons. The molecular weight excluding hydrogens is 230 g/mol. The highest BCUT2D eigenvalue weighted by Gasteiger charge is 2.05. The molecule has 0 aliphatic rings. The third kappa shape index (κ3) is 4.64. The number of nitrogens with one attached hydrogen (secondary N) is 1. The molecule has 0 heterocycles. The molecule has 1 aromatic rings. The zero-order chi connectivity index (χ0) is 13.5. The van der Waals surface area contributed by atoms with Crippen molar-refractivity contribution in [2.24, 2.45) is 0 Å². The zero-order valence-corrected chi connectivity index (χ0v) is 11.4. The minimum Gasteiger partial charge on any atom is -0.508 e. The molecule has 1 rings (SSSR count). The molecule has 0 fully saturated rings. The Morgan fingerprint density at radius 3 is 2.61 bits per heavy atom. The van der Waals surface area contributed by atoms with Crippen LogP contribution in [0.5, 0.6) is 5.75 Å². The van der Waals surface area contributed by atoms with Crippen molar-refractivity contribution in [2.45, 2.75) is 32.9 Å². The first-order valence-electron chi connectivity index (χ1n) is 6.21. The van der Waals surface area contributed by atoms with Crippen LogP contribution in [0.25, 0.3) is 0 Å². The van der Waals surface area contributed by atoms with E-state index in [1.54, 1.807) is 13.2 Å². The molecule has 4 nitrogen and oxygen atoms in total. The van der Waals surface area contributed by atoms with Gasteiger partial charge in [0.25, 0.3) is 0 Å². The first-order valence-corrected chi connectivity index (χ1v) is 6.21. The summed E-state index contributed by atoms with van der Waals surface area (Å²) in [5.74, 6) is 0.322. The molecule has 0 saturated heterocycles. The fraction of sp³-hybridized carbons (Fsp3) is 0.571. The normalized spacial score (nSPS) is 12.7. The molecule has 1 unspecified atom stereocenters. The lowest BCUT2D eigenvalue weighted by atomic mass is 10.1. The smallest absolute Gasteiger partial charge is 0.120 e. The highest BCUT2D eigenvalue weighted by molar-refractivity contribution is 5.40. The maximum atomic E-state index is 9.80. The molecular formula is C14H23NO3. The Bertz CT molecular complexity index is 380. The Labute approximate surface area is 109 Å². The Morgan fingerprint density at radius 1 is 1.28 bits per heavy atom. The summed E-state index contributed by atoms with van der Waals surface area (Å²) in [6, 6.07) is 3.77. The van der Waals surface area contributed by atoms with Gasteiger partial charge >= 0.3 is 0 Å². The number of ether oxygens (including phenoxy) is 1. The molecule has 1 aromatic carbocycles. The van der Waals surface area contributed by atoms with Crippen LogP contribution >= 0.6 is 0 Å². The fourth-order valence-corrected chi connectivity index (χ4v) is 1.77. The van der Waals surface area contributed by atoms with Crippen molar-refractivity contribution in [3.05, 3.63) is 28.8 Å². The van der Waals surface area contributed by atoms with Crippen LogP contribution in [-0.2, 0) is 11.3 Å². The molecule has 0 spiro atoms. The van der Waals surface area contributed by atoms with Crippen LogP contribution in [0.3, 0.4) is 0 Å². The molecule has 0 saturated carbocycles. The topological polar surface area (TPSA) is 61.7 Å². The van der Waals surface area contributed by atoms with Gasteiger partial charge in [-0.15, -0.1) is 0 Å². The molecule has 3 N–H and O–H groups in total. The quantitative estimate of drug-likeness (QED) is 0.644. The maximum absolute atomic E-state index is 9.80. The SMILES string of the molecule is COCC(O)CCNCc1cc(C)c(C)cc1O. The first kappa shape index (κ1) is 15.0. The lowest BCUT2D eigenvalue weighted by Gasteiger charge is -2.12. The fourth-order valence-electron chi connectivity index (χ4n) is 1.77. The van der Waals surface area contributed by atoms with Gasteiger partial charge in [0.05, 0.1) is 12.7 Å². The molecule has 0 radical (unpaired) electrons. The summed E-state index contributed by atoms with van der Waals surface area (Å²) in [6.07, 6.45) is 0.204. The van der Waals surface area contributed by atoms with Gasteiger partial charge < -0.3 is 20.3 Å². The minimum absolute atomic E-state index is 0.322. The van der Waals surface area contributed by atoms with Crippen molar-refractivity contribution >= 4 is 0 Å². The van der Waals surface area contributed by atoms with Crippen LogP contribution in [0.1, 0.15) is 23.1 Å². The number of aromatic hydroxyl groups is 1. The lowest BCUT2D eigenvalue weighted by Crippen LogP contribution is -2.23. The summed E-state index contributed by atoms with van der Waals surface area (Å²) >= 11 is 0. The van der Waals surface area contributed by atoms with E-state index in [2.05, 4.69) is 5.32 Å². The van der Waals surface area contributed by atoms with Crippen molar-refractivity contribution in [2.75, 3.05) is 20.3 Å². The van der Waals surface area contributed by atoms with Gasteiger partial charge in [0.1, 0.15) is 5.75 Å². The van der Waals surface area contributed by atoms with Gasteiger partial charge in [-0.2, -0.15) is 0 Å². The predicted molar refractivity (Wildman–Crippen MR) is 71.8 cm³/mol. The third-order valence-corrected chi connectivity index (χ3v) is 3.02. The third-order valence-electron chi connectivity index (χ3n) is 3.02. The average molecular weight is 253 g/mol. The van der Waals surface area contributed by atoms with Gasteiger partial charge in [-0.25, -0.2) is 0 Å². The van der Waals surface area contributed by atoms with Crippen LogP contribution in [-0.4, -0.2) is 36.6 Å². The number of aliphatic hydroxyl groups excluding tert-OH is 1. The molecule has 18 heavy (non-hydrogen) atoms. The van der Waals surface area contributed by atoms with Gasteiger partial charge in [-0.1, -0.05) is 6.07 Å². The molecule has 0 aliphatic heterocycles. The number of phenols is 1. The van der Waals surface area contributed by atoms with E-state index < -0.39 is 6.10 Å². The Hall–Kier alpha value is -1.10. The number of benzene rings is 1. The van der Waals surface area contributed by atoms with Crippen molar-refractivity contribution in [1.29, 1.82) is 0 Å². The molecule has 4 heteroatoms. The van der Waals surface area contributed by atoms with E-state index in [0.29, 0.717) is 31.9 Å². The molecule has 0 aromatic heterocycles. The highest BCUT2D eigenvalue weighted by Crippen LogP contribution is 2.21. The number of methoxy groups -OCH3 is 1. The minimum atomic E-state index is -0.434. The van der Waals surface area contributed by atoms with Crippen LogP contribution in [0, 0.1) is 13.8 Å². The number of hydrogen-bond donors (Lipinski definition) is 3. The van der Waals surface area contributed by atoms with E-state index in [-0.39, 0.29) is 0 Å². The second-order valence-electron chi connectivity index (χ2n) is 4.64. The number of hydrogen-bond acceptors (Lipinski definition) is 4. The summed E-state index contributed by atoms with van der Waals surface area (Å²) in [4.78, 5) is 0. The summed E-state index contributed by atoms with van der Waals surface area (Å²) in [5.41, 5.74) is 3.15. The monoisotopic (exact) mass is 253 g/mol. The lowest BCUT2D eigenvalue weighted by molar-refractivity contribution is 0.0594. The van der Waals surface area contributed by atoms with Crippen molar-refractivity contribution < 1.29 is 14.9 Å². The summed E-state index contributed by atoms with van der Waals surface area (Å²) in [6.45, 7) is 5.66. The van der Waals surface area contributed by atoms with Crippen molar-refractivity contribution in [1.82, 2.24) is 5.32 Å². The average Bonchev–Trinajstić information content (AvgIpc) is 2.31. The maximum Gasteiger partial charge on any atom is 0.120 e. The largest absolute Gasteiger partial charge is 0.508 e.